The van der Waals surface area contributed by atoms with Gasteiger partial charge in [0.15, 0.2) is 17.3 Å². The van der Waals surface area contributed by atoms with Crippen LogP contribution < -0.4 is 14.8 Å². The summed E-state index contributed by atoms with van der Waals surface area (Å²) in [5.41, 5.74) is 1.29. The predicted molar refractivity (Wildman–Crippen MR) is 116 cm³/mol. The Labute approximate surface area is 190 Å². The highest BCUT2D eigenvalue weighted by Gasteiger charge is 2.45. The molecule has 3 aliphatic rings. The molecule has 4 rings (SSSR count). The molecule has 0 spiro atoms. The van der Waals surface area contributed by atoms with Crippen LogP contribution >= 0.6 is 0 Å². The van der Waals surface area contributed by atoms with E-state index in [9.17, 15) is 19.7 Å². The number of nitro groups is 1. The maximum Gasteiger partial charge on any atom is 0.336 e. The number of ketones is 1. The van der Waals surface area contributed by atoms with Crippen molar-refractivity contribution in [3.63, 3.8) is 0 Å². The number of rotatable bonds is 6. The molecule has 33 heavy (non-hydrogen) atoms. The minimum absolute atomic E-state index is 0.00888. The summed E-state index contributed by atoms with van der Waals surface area (Å²) in [6.07, 6.45) is 0.819. The Kier molecular flexibility index (Phi) is 5.87. The van der Waals surface area contributed by atoms with Crippen LogP contribution in [-0.4, -0.2) is 43.8 Å². The lowest BCUT2D eigenvalue weighted by Gasteiger charge is -2.39. The van der Waals surface area contributed by atoms with Gasteiger partial charge in [0, 0.05) is 36.1 Å². The van der Waals surface area contributed by atoms with Gasteiger partial charge in [0.2, 0.25) is 6.79 Å². The number of Topliss-reactive ketones (excluding diaryl/α,β-unsaturated/α-hetero) is 1. The van der Waals surface area contributed by atoms with Gasteiger partial charge in [-0.2, -0.15) is 0 Å². The molecule has 1 unspecified atom stereocenters. The van der Waals surface area contributed by atoms with E-state index in [0.29, 0.717) is 29.1 Å². The number of allylic oxidation sites excluding steroid dienone is 3. The van der Waals surface area contributed by atoms with E-state index in [1.807, 2.05) is 13.8 Å². The molecule has 1 aromatic rings. The summed E-state index contributed by atoms with van der Waals surface area (Å²) in [6, 6.07) is 2.77. The van der Waals surface area contributed by atoms with Crippen molar-refractivity contribution < 1.29 is 33.5 Å². The Morgan fingerprint density at radius 2 is 1.94 bits per heavy atom. The largest absolute Gasteiger partial charge is 0.460 e. The molecule has 0 radical (unpaired) electrons. The summed E-state index contributed by atoms with van der Waals surface area (Å²) < 4.78 is 21.1. The third-order valence-electron chi connectivity index (χ3n) is 6.01. The zero-order valence-electron chi connectivity index (χ0n) is 19.0. The van der Waals surface area contributed by atoms with Crippen molar-refractivity contribution in [2.75, 3.05) is 27.1 Å². The predicted octanol–water partition coefficient (Wildman–Crippen LogP) is 3.12. The molecule has 0 amide bonds. The van der Waals surface area contributed by atoms with Crippen LogP contribution in [0.4, 0.5) is 5.69 Å². The van der Waals surface area contributed by atoms with E-state index < -0.39 is 16.8 Å². The molecule has 0 fully saturated rings. The number of nitrogens with zero attached hydrogens (tertiary/aromatic N) is 1. The topological polar surface area (TPSA) is 126 Å². The van der Waals surface area contributed by atoms with Gasteiger partial charge < -0.3 is 24.3 Å². The minimum atomic E-state index is -0.977. The zero-order chi connectivity index (χ0) is 23.9. The standard InChI is InChI=1S/C23H26N2O8/c1-12-19(22(27)31-6-5-30-4)20(21-14(24-12)9-23(2,3)10-16(21)26)13-7-17-18(33-11-32-17)8-15(13)25(28)29/h7-8,20,24H,5-6,9-11H2,1-4H3. The zero-order valence-corrected chi connectivity index (χ0v) is 19.0. The number of ether oxygens (including phenoxy) is 4. The highest BCUT2D eigenvalue weighted by atomic mass is 16.7. The molecule has 10 nitrogen and oxygen atoms in total. The van der Waals surface area contributed by atoms with Crippen molar-refractivity contribution in [1.29, 1.82) is 0 Å². The minimum Gasteiger partial charge on any atom is -0.460 e. The molecule has 0 aromatic heterocycles. The summed E-state index contributed by atoms with van der Waals surface area (Å²) in [5.74, 6) is -1.24. The van der Waals surface area contributed by atoms with Crippen LogP contribution in [0.1, 0.15) is 45.1 Å². The fourth-order valence-electron chi connectivity index (χ4n) is 4.65. The SMILES string of the molecule is COCCOC(=O)C1=C(C)NC2=C(C(=O)CC(C)(C)C2)C1c1cc2c(cc1[N+](=O)[O-])OCO2. The molecule has 1 aromatic carbocycles. The van der Waals surface area contributed by atoms with E-state index in [4.69, 9.17) is 18.9 Å². The molecule has 0 saturated heterocycles. The van der Waals surface area contributed by atoms with Crippen LogP contribution in [0.25, 0.3) is 0 Å². The summed E-state index contributed by atoms with van der Waals surface area (Å²) in [4.78, 5) is 38.0. The lowest BCUT2D eigenvalue weighted by Crippen LogP contribution is -2.39. The van der Waals surface area contributed by atoms with Crippen LogP contribution in [0.3, 0.4) is 0 Å². The van der Waals surface area contributed by atoms with E-state index in [1.165, 1.54) is 19.2 Å². The van der Waals surface area contributed by atoms with Crippen molar-refractivity contribution >= 4 is 17.4 Å². The number of carbonyl (C=O) groups is 2. The second-order valence-electron chi connectivity index (χ2n) is 9.08. The van der Waals surface area contributed by atoms with Gasteiger partial charge in [-0.1, -0.05) is 13.8 Å². The molecule has 10 heteroatoms. The quantitative estimate of drug-likeness (QED) is 0.296. The number of hydrogen-bond acceptors (Lipinski definition) is 9. The fraction of sp³-hybridized carbons (Fsp3) is 0.478. The lowest BCUT2D eigenvalue weighted by atomic mass is 9.68. The van der Waals surface area contributed by atoms with Crippen molar-refractivity contribution in [2.24, 2.45) is 5.41 Å². The smallest absolute Gasteiger partial charge is 0.336 e. The Balaban J connectivity index is 1.91. The van der Waals surface area contributed by atoms with Gasteiger partial charge >= 0.3 is 5.97 Å². The number of benzene rings is 1. The number of fused-ring (bicyclic) bond motifs is 1. The molecule has 1 N–H and O–H groups in total. The molecule has 0 saturated carbocycles. The van der Waals surface area contributed by atoms with E-state index >= 15 is 0 Å². The molecule has 176 valence electrons. The number of methoxy groups -OCH3 is 1. The second kappa shape index (κ2) is 8.51. The van der Waals surface area contributed by atoms with Gasteiger partial charge in [0.1, 0.15) is 6.61 Å². The van der Waals surface area contributed by atoms with Crippen molar-refractivity contribution in [3.05, 3.63) is 50.4 Å². The number of nitro benzene ring substituents is 1. The average molecular weight is 458 g/mol. The first-order valence-corrected chi connectivity index (χ1v) is 10.6. The first kappa shape index (κ1) is 22.8. The average Bonchev–Trinajstić information content (AvgIpc) is 3.18. The summed E-state index contributed by atoms with van der Waals surface area (Å²) in [6.45, 7) is 5.82. The Bertz CT molecular complexity index is 1100. The normalized spacial score (nSPS) is 21.0. The first-order chi connectivity index (χ1) is 15.6. The number of dihydropyridines is 1. The number of hydrogen-bond donors (Lipinski definition) is 1. The van der Waals surface area contributed by atoms with Crippen LogP contribution in [0.15, 0.2) is 34.7 Å². The molecule has 1 aliphatic carbocycles. The maximum absolute atomic E-state index is 13.4. The summed E-state index contributed by atoms with van der Waals surface area (Å²) >= 11 is 0. The summed E-state index contributed by atoms with van der Waals surface area (Å²) in [7, 11) is 1.48. The van der Waals surface area contributed by atoms with Gasteiger partial charge in [-0.3, -0.25) is 14.9 Å². The maximum atomic E-state index is 13.4. The fourth-order valence-corrected chi connectivity index (χ4v) is 4.65. The van der Waals surface area contributed by atoms with Crippen molar-refractivity contribution in [2.45, 2.75) is 39.5 Å². The number of esters is 1. The molecule has 2 heterocycles. The first-order valence-electron chi connectivity index (χ1n) is 10.6. The highest BCUT2D eigenvalue weighted by Crippen LogP contribution is 2.50. The van der Waals surface area contributed by atoms with Gasteiger partial charge in [-0.05, 0) is 24.8 Å². The van der Waals surface area contributed by atoms with E-state index in [2.05, 4.69) is 5.32 Å². The monoisotopic (exact) mass is 458 g/mol. The van der Waals surface area contributed by atoms with Crippen molar-refractivity contribution in [1.82, 2.24) is 5.32 Å². The molecule has 1 atom stereocenters. The van der Waals surface area contributed by atoms with Gasteiger partial charge in [0.25, 0.3) is 5.69 Å². The summed E-state index contributed by atoms with van der Waals surface area (Å²) in [5, 5.41) is 15.2. The molecular weight excluding hydrogens is 432 g/mol. The van der Waals surface area contributed by atoms with Crippen LogP contribution in [-0.2, 0) is 19.1 Å². The van der Waals surface area contributed by atoms with E-state index in [0.717, 1.165) is 0 Å². The van der Waals surface area contributed by atoms with Crippen LogP contribution in [0.2, 0.25) is 0 Å². The third-order valence-corrected chi connectivity index (χ3v) is 6.01. The Hall–Kier alpha value is -3.40. The van der Waals surface area contributed by atoms with Crippen LogP contribution in [0.5, 0.6) is 11.5 Å². The molecular formula is C23H26N2O8. The molecule has 2 aliphatic heterocycles. The highest BCUT2D eigenvalue weighted by molar-refractivity contribution is 6.04. The second-order valence-corrected chi connectivity index (χ2v) is 9.08. The van der Waals surface area contributed by atoms with Crippen LogP contribution in [0, 0.1) is 15.5 Å². The van der Waals surface area contributed by atoms with Crippen molar-refractivity contribution in [3.8, 4) is 11.5 Å². The van der Waals surface area contributed by atoms with E-state index in [1.54, 1.807) is 6.92 Å². The molecule has 0 bridgehead atoms. The lowest BCUT2D eigenvalue weighted by molar-refractivity contribution is -0.385. The number of nitrogens with one attached hydrogen (secondary N) is 1. The Morgan fingerprint density at radius 1 is 1.24 bits per heavy atom. The van der Waals surface area contributed by atoms with Gasteiger partial charge in [0.05, 0.1) is 29.1 Å². The van der Waals surface area contributed by atoms with E-state index in [-0.39, 0.29) is 60.2 Å². The number of carbonyl (C=O) groups excluding carboxylic acids is 2. The van der Waals surface area contributed by atoms with Gasteiger partial charge in [-0.15, -0.1) is 0 Å². The van der Waals surface area contributed by atoms with Gasteiger partial charge in [-0.25, -0.2) is 4.79 Å². The third kappa shape index (κ3) is 4.18. The Morgan fingerprint density at radius 3 is 2.61 bits per heavy atom.